The first-order chi connectivity index (χ1) is 16.1. The third-order valence-electron chi connectivity index (χ3n) is 5.13. The van der Waals surface area contributed by atoms with E-state index >= 15 is 0 Å². The van der Waals surface area contributed by atoms with Crippen LogP contribution in [-0.4, -0.2) is 44.7 Å². The second-order valence-electron chi connectivity index (χ2n) is 9.36. The van der Waals surface area contributed by atoms with Crippen molar-refractivity contribution in [1.29, 1.82) is 0 Å². The number of hydrogen-bond acceptors (Lipinski definition) is 7. The van der Waals surface area contributed by atoms with Gasteiger partial charge >= 0.3 is 5.97 Å². The van der Waals surface area contributed by atoms with Crippen LogP contribution in [0.15, 0.2) is 36.5 Å². The predicted octanol–water partition coefficient (Wildman–Crippen LogP) is 1.86. The number of carbonyl (C=O) groups is 4. The molecule has 2 aromatic heterocycles. The average molecular weight is 463 g/mol. The number of nitrogens with zero attached hydrogens (tertiary/aromatic N) is 3. The van der Waals surface area contributed by atoms with Crippen LogP contribution in [0.2, 0.25) is 0 Å². The topological polar surface area (TPSA) is 132 Å². The van der Waals surface area contributed by atoms with Gasteiger partial charge in [0.1, 0.15) is 17.1 Å². The van der Waals surface area contributed by atoms with Crippen LogP contribution in [0, 0.1) is 5.41 Å². The van der Waals surface area contributed by atoms with Gasteiger partial charge in [-0.25, -0.2) is 9.50 Å². The molecule has 0 radical (unpaired) electrons. The maximum atomic E-state index is 12.8. The smallest absolute Gasteiger partial charge is 0.315 e. The van der Waals surface area contributed by atoms with Crippen molar-refractivity contribution in [2.75, 3.05) is 6.54 Å². The standard InChI is InChI=1S/C24H25N5O5/c1-24(2,3)11-16(30)13-26-23(33)18-10-17(28-20-6-7-27-29(18)20)22(32)25-12-14-4-5-19-15(8-14)9-21(31)34-19/h4-8,10H,9,11-13H2,1-3H3,(H,25,32)(H,26,33). The van der Waals surface area contributed by atoms with Crippen molar-refractivity contribution in [3.8, 4) is 5.75 Å². The molecule has 0 saturated carbocycles. The Labute approximate surface area is 195 Å². The minimum atomic E-state index is -0.532. The van der Waals surface area contributed by atoms with Crippen LogP contribution in [0.5, 0.6) is 5.75 Å². The lowest BCUT2D eigenvalue weighted by atomic mass is 9.90. The zero-order valence-corrected chi connectivity index (χ0v) is 19.2. The Morgan fingerprint density at radius 1 is 1.09 bits per heavy atom. The number of nitrogens with one attached hydrogen (secondary N) is 2. The fourth-order valence-corrected chi connectivity index (χ4v) is 3.68. The number of carbonyl (C=O) groups excluding carboxylic acids is 4. The van der Waals surface area contributed by atoms with Gasteiger partial charge in [0.05, 0.1) is 19.2 Å². The van der Waals surface area contributed by atoms with Crippen LogP contribution in [0.1, 0.15) is 59.3 Å². The molecule has 1 aliphatic rings. The highest BCUT2D eigenvalue weighted by Gasteiger charge is 2.22. The van der Waals surface area contributed by atoms with Gasteiger partial charge in [0.15, 0.2) is 11.4 Å². The van der Waals surface area contributed by atoms with E-state index in [0.717, 1.165) is 11.1 Å². The lowest BCUT2D eigenvalue weighted by Crippen LogP contribution is -2.33. The van der Waals surface area contributed by atoms with Gasteiger partial charge in [-0.1, -0.05) is 26.8 Å². The summed E-state index contributed by atoms with van der Waals surface area (Å²) in [6.45, 7) is 5.93. The van der Waals surface area contributed by atoms with Crippen molar-refractivity contribution in [3.05, 3.63) is 59.0 Å². The monoisotopic (exact) mass is 463 g/mol. The van der Waals surface area contributed by atoms with Gasteiger partial charge in [-0.2, -0.15) is 5.10 Å². The van der Waals surface area contributed by atoms with Gasteiger partial charge in [-0.05, 0) is 23.1 Å². The number of hydrogen-bond donors (Lipinski definition) is 2. The number of benzene rings is 1. The molecule has 0 bridgehead atoms. The largest absolute Gasteiger partial charge is 0.426 e. The Balaban J connectivity index is 1.46. The van der Waals surface area contributed by atoms with Gasteiger partial charge < -0.3 is 15.4 Å². The number of aromatic nitrogens is 3. The van der Waals surface area contributed by atoms with Crippen molar-refractivity contribution in [3.63, 3.8) is 0 Å². The fourth-order valence-electron chi connectivity index (χ4n) is 3.68. The molecule has 10 heteroatoms. The van der Waals surface area contributed by atoms with Crippen molar-refractivity contribution < 1.29 is 23.9 Å². The third kappa shape index (κ3) is 5.28. The molecule has 10 nitrogen and oxygen atoms in total. The summed E-state index contributed by atoms with van der Waals surface area (Å²) >= 11 is 0. The first kappa shape index (κ1) is 23.1. The average Bonchev–Trinajstić information content (AvgIpc) is 3.38. The van der Waals surface area contributed by atoms with Gasteiger partial charge in [0, 0.05) is 30.7 Å². The summed E-state index contributed by atoms with van der Waals surface area (Å²) in [5.74, 6) is -0.874. The Morgan fingerprint density at radius 2 is 1.88 bits per heavy atom. The maximum Gasteiger partial charge on any atom is 0.315 e. The molecule has 1 aromatic carbocycles. The zero-order chi connectivity index (χ0) is 24.5. The van der Waals surface area contributed by atoms with E-state index in [-0.39, 0.29) is 48.1 Å². The molecule has 0 spiro atoms. The number of fused-ring (bicyclic) bond motifs is 2. The Hall–Kier alpha value is -4.08. The van der Waals surface area contributed by atoms with Crippen molar-refractivity contribution in [1.82, 2.24) is 25.2 Å². The van der Waals surface area contributed by atoms with E-state index in [0.29, 0.717) is 17.8 Å². The molecular formula is C24H25N5O5. The molecule has 1 aliphatic heterocycles. The number of rotatable bonds is 7. The van der Waals surface area contributed by atoms with Crippen molar-refractivity contribution in [2.24, 2.45) is 5.41 Å². The summed E-state index contributed by atoms with van der Waals surface area (Å²) in [7, 11) is 0. The SMILES string of the molecule is CC(C)(C)CC(=O)CNC(=O)c1cc(C(=O)NCc2ccc3c(c2)CC(=O)O3)nc2ccnn12. The Kier molecular flexibility index (Phi) is 6.14. The molecule has 34 heavy (non-hydrogen) atoms. The van der Waals surface area contributed by atoms with Gasteiger partial charge in [-0.3, -0.25) is 19.2 Å². The Bertz CT molecular complexity index is 1300. The lowest BCUT2D eigenvalue weighted by molar-refractivity contribution is -0.131. The van der Waals surface area contributed by atoms with Crippen molar-refractivity contribution in [2.45, 2.75) is 40.2 Å². The minimum Gasteiger partial charge on any atom is -0.426 e. The molecule has 3 aromatic rings. The van der Waals surface area contributed by atoms with E-state index in [1.54, 1.807) is 18.2 Å². The number of esters is 1. The van der Waals surface area contributed by atoms with Crippen LogP contribution in [-0.2, 0) is 22.6 Å². The third-order valence-corrected chi connectivity index (χ3v) is 5.13. The predicted molar refractivity (Wildman–Crippen MR) is 121 cm³/mol. The molecule has 0 unspecified atom stereocenters. The van der Waals surface area contributed by atoms with E-state index in [1.807, 2.05) is 26.8 Å². The second-order valence-corrected chi connectivity index (χ2v) is 9.36. The van der Waals surface area contributed by atoms with Crippen LogP contribution >= 0.6 is 0 Å². The molecule has 2 amide bonds. The van der Waals surface area contributed by atoms with Crippen LogP contribution in [0.3, 0.4) is 0 Å². The van der Waals surface area contributed by atoms with E-state index in [1.165, 1.54) is 16.8 Å². The van der Waals surface area contributed by atoms with E-state index in [9.17, 15) is 19.2 Å². The van der Waals surface area contributed by atoms with Crippen LogP contribution in [0.4, 0.5) is 0 Å². The normalized spacial score (nSPS) is 12.9. The molecule has 4 rings (SSSR count). The number of amides is 2. The van der Waals surface area contributed by atoms with Gasteiger partial charge in [0.2, 0.25) is 0 Å². The van der Waals surface area contributed by atoms with E-state index in [4.69, 9.17) is 4.74 Å². The summed E-state index contributed by atoms with van der Waals surface area (Å²) < 4.78 is 6.40. The molecule has 0 atom stereocenters. The highest BCUT2D eigenvalue weighted by molar-refractivity contribution is 5.99. The molecule has 3 heterocycles. The van der Waals surface area contributed by atoms with Crippen LogP contribution in [0.25, 0.3) is 5.65 Å². The molecular weight excluding hydrogens is 438 g/mol. The van der Waals surface area contributed by atoms with E-state index in [2.05, 4.69) is 20.7 Å². The summed E-state index contributed by atoms with van der Waals surface area (Å²) in [5, 5.41) is 9.48. The highest BCUT2D eigenvalue weighted by atomic mass is 16.5. The number of ether oxygens (including phenoxy) is 1. The molecule has 0 saturated heterocycles. The summed E-state index contributed by atoms with van der Waals surface area (Å²) in [4.78, 5) is 53.4. The quantitative estimate of drug-likeness (QED) is 0.404. The highest BCUT2D eigenvalue weighted by Crippen LogP contribution is 2.26. The minimum absolute atomic E-state index is 0.0406. The Morgan fingerprint density at radius 3 is 2.65 bits per heavy atom. The van der Waals surface area contributed by atoms with Crippen LogP contribution < -0.4 is 15.4 Å². The molecule has 0 aliphatic carbocycles. The first-order valence-corrected chi connectivity index (χ1v) is 10.8. The number of Topliss-reactive ketones (excluding diaryl/α,β-unsaturated/α-hetero) is 1. The zero-order valence-electron chi connectivity index (χ0n) is 19.2. The van der Waals surface area contributed by atoms with Gasteiger partial charge in [0.25, 0.3) is 11.8 Å². The summed E-state index contributed by atoms with van der Waals surface area (Å²) in [6.07, 6.45) is 2.00. The van der Waals surface area contributed by atoms with Crippen molar-refractivity contribution >= 4 is 29.2 Å². The summed E-state index contributed by atoms with van der Waals surface area (Å²) in [6, 6.07) is 8.19. The fraction of sp³-hybridized carbons (Fsp3) is 0.333. The molecule has 0 fully saturated rings. The molecule has 176 valence electrons. The second kappa shape index (κ2) is 9.05. The lowest BCUT2D eigenvalue weighted by Gasteiger charge is -2.17. The van der Waals surface area contributed by atoms with Gasteiger partial charge in [-0.15, -0.1) is 0 Å². The maximum absolute atomic E-state index is 12.8. The number of ketones is 1. The first-order valence-electron chi connectivity index (χ1n) is 10.8. The molecule has 2 N–H and O–H groups in total. The van der Waals surface area contributed by atoms with E-state index < -0.39 is 11.8 Å². The summed E-state index contributed by atoms with van der Waals surface area (Å²) in [5.41, 5.74) is 1.85.